The Morgan fingerprint density at radius 2 is 1.88 bits per heavy atom. The smallest absolute Gasteiger partial charge is 0.339 e. The van der Waals surface area contributed by atoms with Crippen LogP contribution in [0.5, 0.6) is 0 Å². The van der Waals surface area contributed by atoms with Crippen molar-refractivity contribution in [2.75, 3.05) is 26.2 Å². The lowest BCUT2D eigenvalue weighted by atomic mass is 10.0. The van der Waals surface area contributed by atoms with Crippen molar-refractivity contribution in [2.24, 2.45) is 0 Å². The second kappa shape index (κ2) is 6.92. The number of hydrogen-bond donors (Lipinski definition) is 0. The van der Waals surface area contributed by atoms with Gasteiger partial charge >= 0.3 is 6.18 Å². The van der Waals surface area contributed by atoms with Gasteiger partial charge < -0.3 is 4.90 Å². The molecule has 0 aromatic carbocycles. The van der Waals surface area contributed by atoms with Gasteiger partial charge in [-0.25, -0.2) is 13.8 Å². The fourth-order valence-corrected chi connectivity index (χ4v) is 3.67. The van der Waals surface area contributed by atoms with Crippen LogP contribution in [0.4, 0.5) is 22.0 Å². The molecule has 2 fully saturated rings. The molecular formula is C16H17ClF5N3O. The fourth-order valence-electron chi connectivity index (χ4n) is 3.51. The number of amides is 1. The number of carbonyl (C=O) groups excluding carboxylic acids is 1. The highest BCUT2D eigenvalue weighted by molar-refractivity contribution is 6.29. The van der Waals surface area contributed by atoms with Crippen molar-refractivity contribution in [3.05, 3.63) is 28.5 Å². The van der Waals surface area contributed by atoms with E-state index in [0.717, 1.165) is 6.07 Å². The normalized spacial score (nSPS) is 22.0. The fraction of sp³-hybridized carbons (Fsp3) is 0.625. The number of rotatable bonds is 2. The molecule has 4 nitrogen and oxygen atoms in total. The third kappa shape index (κ3) is 4.09. The van der Waals surface area contributed by atoms with Crippen molar-refractivity contribution in [1.82, 2.24) is 14.8 Å². The van der Waals surface area contributed by atoms with Crippen LogP contribution in [-0.2, 0) is 6.18 Å². The van der Waals surface area contributed by atoms with Gasteiger partial charge in [0.05, 0.1) is 17.7 Å². The Morgan fingerprint density at radius 1 is 1.23 bits per heavy atom. The zero-order chi connectivity index (χ0) is 19.1. The second-order valence-corrected chi connectivity index (χ2v) is 7.04. The Bertz CT molecular complexity index is 689. The minimum Gasteiger partial charge on any atom is -0.339 e. The van der Waals surface area contributed by atoms with Crippen LogP contribution in [-0.4, -0.2) is 58.8 Å². The lowest BCUT2D eigenvalue weighted by Crippen LogP contribution is -2.46. The van der Waals surface area contributed by atoms with E-state index in [1.807, 2.05) is 0 Å². The summed E-state index contributed by atoms with van der Waals surface area (Å²) in [6.45, 7) is 0.416. The third-order valence-electron chi connectivity index (χ3n) is 4.87. The molecule has 3 heterocycles. The maximum Gasteiger partial charge on any atom is 0.418 e. The number of carbonyl (C=O) groups is 1. The van der Waals surface area contributed by atoms with Crippen molar-refractivity contribution in [1.29, 1.82) is 0 Å². The summed E-state index contributed by atoms with van der Waals surface area (Å²) < 4.78 is 66.0. The van der Waals surface area contributed by atoms with Crippen LogP contribution in [0.3, 0.4) is 0 Å². The maximum absolute atomic E-state index is 13.3. The first-order valence-electron chi connectivity index (χ1n) is 8.21. The molecule has 26 heavy (non-hydrogen) atoms. The van der Waals surface area contributed by atoms with E-state index in [1.54, 1.807) is 4.90 Å². The average Bonchev–Trinajstić information content (AvgIpc) is 2.93. The van der Waals surface area contributed by atoms with Crippen molar-refractivity contribution in [3.63, 3.8) is 0 Å². The Labute approximate surface area is 151 Å². The molecule has 0 spiro atoms. The molecule has 3 rings (SSSR count). The van der Waals surface area contributed by atoms with Crippen molar-refractivity contribution in [2.45, 2.75) is 37.4 Å². The number of pyridine rings is 1. The second-order valence-electron chi connectivity index (χ2n) is 6.65. The first kappa shape index (κ1) is 19.3. The summed E-state index contributed by atoms with van der Waals surface area (Å²) in [6.07, 6.45) is -3.46. The Morgan fingerprint density at radius 3 is 2.42 bits per heavy atom. The molecule has 1 aromatic rings. The zero-order valence-corrected chi connectivity index (χ0v) is 14.5. The number of nitrogens with zero attached hydrogens (tertiary/aromatic N) is 3. The summed E-state index contributed by atoms with van der Waals surface area (Å²) in [7, 11) is 0. The highest BCUT2D eigenvalue weighted by Gasteiger charge is 2.42. The third-order valence-corrected chi connectivity index (χ3v) is 5.08. The number of piperidine rings is 1. The molecule has 2 aliphatic heterocycles. The molecule has 0 saturated carbocycles. The summed E-state index contributed by atoms with van der Waals surface area (Å²) >= 11 is 5.66. The van der Waals surface area contributed by atoms with E-state index in [9.17, 15) is 26.7 Å². The molecule has 2 aliphatic rings. The van der Waals surface area contributed by atoms with E-state index in [4.69, 9.17) is 11.6 Å². The molecule has 0 aliphatic carbocycles. The number of hydrogen-bond acceptors (Lipinski definition) is 3. The topological polar surface area (TPSA) is 36.4 Å². The Kier molecular flexibility index (Phi) is 5.13. The monoisotopic (exact) mass is 397 g/mol. The van der Waals surface area contributed by atoms with Gasteiger partial charge in [-0.05, 0) is 18.9 Å². The molecule has 1 aromatic heterocycles. The van der Waals surface area contributed by atoms with Crippen LogP contribution in [0.15, 0.2) is 12.3 Å². The van der Waals surface area contributed by atoms with Crippen molar-refractivity contribution >= 4 is 17.5 Å². The molecular weight excluding hydrogens is 381 g/mol. The summed E-state index contributed by atoms with van der Waals surface area (Å²) in [5.74, 6) is -3.46. The zero-order valence-electron chi connectivity index (χ0n) is 13.7. The number of alkyl halides is 5. The van der Waals surface area contributed by atoms with Gasteiger partial charge in [0.25, 0.3) is 11.8 Å². The van der Waals surface area contributed by atoms with Gasteiger partial charge in [-0.2, -0.15) is 13.2 Å². The molecule has 0 N–H and O–H groups in total. The van der Waals surface area contributed by atoms with Gasteiger partial charge in [0, 0.05) is 38.3 Å². The van der Waals surface area contributed by atoms with Gasteiger partial charge in [-0.3, -0.25) is 9.69 Å². The van der Waals surface area contributed by atoms with E-state index in [1.165, 1.54) is 4.90 Å². The number of halogens is 6. The van der Waals surface area contributed by atoms with E-state index >= 15 is 0 Å². The van der Waals surface area contributed by atoms with Crippen molar-refractivity contribution < 1.29 is 26.7 Å². The van der Waals surface area contributed by atoms with E-state index in [-0.39, 0.29) is 37.3 Å². The van der Waals surface area contributed by atoms with Crippen LogP contribution in [0, 0.1) is 0 Å². The van der Waals surface area contributed by atoms with Gasteiger partial charge in [-0.15, -0.1) is 0 Å². The quantitative estimate of drug-likeness (QED) is 0.564. The minimum atomic E-state index is -4.72. The first-order valence-corrected chi connectivity index (χ1v) is 8.58. The van der Waals surface area contributed by atoms with Gasteiger partial charge in [0.1, 0.15) is 5.15 Å². The predicted octanol–water partition coefficient (Wildman–Crippen LogP) is 3.70. The SMILES string of the molecule is O=C(c1cc(Cl)ncc1C(F)(F)F)N1CCC(N2CCC(F)(F)C2)CC1. The standard InChI is InChI=1S/C16H17ClF5N3O/c17-13-7-11(12(8-23-13)16(20,21)22)14(26)24-4-1-10(2-5-24)25-6-3-15(18,19)9-25/h7-8,10H,1-6,9H2. The van der Waals surface area contributed by atoms with E-state index in [2.05, 4.69) is 4.98 Å². The molecule has 10 heteroatoms. The summed E-state index contributed by atoms with van der Waals surface area (Å²) in [5, 5.41) is -0.199. The van der Waals surface area contributed by atoms with Gasteiger partial charge in [-0.1, -0.05) is 11.6 Å². The Balaban J connectivity index is 1.69. The van der Waals surface area contributed by atoms with Crippen molar-refractivity contribution in [3.8, 4) is 0 Å². The van der Waals surface area contributed by atoms with E-state index < -0.39 is 29.1 Å². The lowest BCUT2D eigenvalue weighted by Gasteiger charge is -2.36. The summed E-state index contributed by atoms with van der Waals surface area (Å²) in [4.78, 5) is 19.0. The molecule has 2 saturated heterocycles. The summed E-state index contributed by atoms with van der Waals surface area (Å²) in [6, 6.07) is 0.829. The molecule has 1 amide bonds. The number of likely N-dealkylation sites (tertiary alicyclic amines) is 2. The van der Waals surface area contributed by atoms with Crippen LogP contribution in [0.25, 0.3) is 0 Å². The minimum absolute atomic E-state index is 0.0875. The Hall–Kier alpha value is -1.48. The molecule has 0 atom stereocenters. The highest BCUT2D eigenvalue weighted by Crippen LogP contribution is 2.34. The summed E-state index contributed by atoms with van der Waals surface area (Å²) in [5.41, 5.74) is -1.67. The molecule has 0 unspecified atom stereocenters. The van der Waals surface area contributed by atoms with E-state index in [0.29, 0.717) is 25.6 Å². The number of aromatic nitrogens is 1. The van der Waals surface area contributed by atoms with Crippen LogP contribution in [0.2, 0.25) is 5.15 Å². The lowest BCUT2D eigenvalue weighted by molar-refractivity contribution is -0.138. The molecule has 144 valence electrons. The van der Waals surface area contributed by atoms with Gasteiger partial charge in [0.2, 0.25) is 0 Å². The van der Waals surface area contributed by atoms with Crippen LogP contribution < -0.4 is 0 Å². The van der Waals surface area contributed by atoms with Crippen LogP contribution >= 0.6 is 11.6 Å². The highest BCUT2D eigenvalue weighted by atomic mass is 35.5. The largest absolute Gasteiger partial charge is 0.418 e. The van der Waals surface area contributed by atoms with Gasteiger partial charge in [0.15, 0.2) is 0 Å². The molecule has 0 bridgehead atoms. The maximum atomic E-state index is 13.3. The molecule has 0 radical (unpaired) electrons. The van der Waals surface area contributed by atoms with Crippen LogP contribution in [0.1, 0.15) is 35.2 Å². The predicted molar refractivity (Wildman–Crippen MR) is 84.3 cm³/mol. The first-order chi connectivity index (χ1) is 12.1. The average molecular weight is 398 g/mol.